The van der Waals surface area contributed by atoms with Gasteiger partial charge < -0.3 is 5.32 Å². The maximum Gasteiger partial charge on any atom is 0.272 e. The molecule has 0 amide bonds. The Morgan fingerprint density at radius 2 is 2.06 bits per heavy atom. The van der Waals surface area contributed by atoms with Gasteiger partial charge in [-0.2, -0.15) is 11.8 Å². The lowest BCUT2D eigenvalue weighted by Crippen LogP contribution is -2.05. The number of hydrogen-bond donors (Lipinski definition) is 1. The van der Waals surface area contributed by atoms with Gasteiger partial charge in [-0.05, 0) is 43.9 Å². The second-order valence-electron chi connectivity index (χ2n) is 3.98. The summed E-state index contributed by atoms with van der Waals surface area (Å²) in [5.74, 6) is 1.12. The van der Waals surface area contributed by atoms with Crippen LogP contribution >= 0.6 is 11.8 Å². The average Bonchev–Trinajstić information content (AvgIpc) is 2.28. The number of nitro groups is 1. The molecule has 0 aromatic heterocycles. The number of anilines is 1. The molecule has 4 nitrogen and oxygen atoms in total. The van der Waals surface area contributed by atoms with Crippen LogP contribution in [0.1, 0.15) is 17.5 Å². The van der Waals surface area contributed by atoms with Gasteiger partial charge in [0, 0.05) is 23.9 Å². The van der Waals surface area contributed by atoms with Crippen molar-refractivity contribution in [3.8, 4) is 0 Å². The van der Waals surface area contributed by atoms with Crippen LogP contribution in [0.4, 0.5) is 11.4 Å². The van der Waals surface area contributed by atoms with E-state index in [0.717, 1.165) is 30.0 Å². The summed E-state index contributed by atoms with van der Waals surface area (Å²) in [4.78, 5) is 10.4. The van der Waals surface area contributed by atoms with Gasteiger partial charge in [0.1, 0.15) is 0 Å². The number of aryl methyl sites for hydroxylation is 2. The first-order valence-corrected chi connectivity index (χ1v) is 6.94. The van der Waals surface area contributed by atoms with Crippen LogP contribution in [0.3, 0.4) is 0 Å². The highest BCUT2D eigenvalue weighted by atomic mass is 32.2. The quantitative estimate of drug-likeness (QED) is 0.480. The number of benzene rings is 1. The molecule has 5 heteroatoms. The molecule has 1 N–H and O–H groups in total. The van der Waals surface area contributed by atoms with Gasteiger partial charge in [0.2, 0.25) is 0 Å². The SMILES string of the molecule is CSCCCNc1cc(C)c([N+](=O)[O-])cc1C. The number of nitro benzene ring substituents is 1. The fourth-order valence-electron chi connectivity index (χ4n) is 1.63. The Morgan fingerprint density at radius 3 is 2.65 bits per heavy atom. The van der Waals surface area contributed by atoms with Crippen molar-refractivity contribution in [2.75, 3.05) is 23.9 Å². The Labute approximate surface area is 106 Å². The smallest absolute Gasteiger partial charge is 0.272 e. The third kappa shape index (κ3) is 3.93. The molecular formula is C12H18N2O2S. The van der Waals surface area contributed by atoms with E-state index < -0.39 is 0 Å². The van der Waals surface area contributed by atoms with Gasteiger partial charge in [-0.3, -0.25) is 10.1 Å². The molecule has 1 aromatic carbocycles. The molecule has 1 rings (SSSR count). The lowest BCUT2D eigenvalue weighted by molar-refractivity contribution is -0.385. The first kappa shape index (κ1) is 13.8. The Balaban J connectivity index is 2.74. The molecule has 0 unspecified atom stereocenters. The average molecular weight is 254 g/mol. The molecule has 0 spiro atoms. The van der Waals surface area contributed by atoms with Crippen LogP contribution in [0.2, 0.25) is 0 Å². The lowest BCUT2D eigenvalue weighted by atomic mass is 10.1. The second-order valence-corrected chi connectivity index (χ2v) is 4.97. The first-order chi connectivity index (χ1) is 8.06. The number of thioether (sulfide) groups is 1. The van der Waals surface area contributed by atoms with E-state index in [-0.39, 0.29) is 10.6 Å². The van der Waals surface area contributed by atoms with Crippen molar-refractivity contribution in [3.05, 3.63) is 33.4 Å². The Kier molecular flexibility index (Phi) is 5.28. The molecule has 94 valence electrons. The minimum Gasteiger partial charge on any atom is -0.385 e. The Hall–Kier alpha value is -1.23. The molecule has 1 aromatic rings. The van der Waals surface area contributed by atoms with Crippen LogP contribution in [0, 0.1) is 24.0 Å². The second kappa shape index (κ2) is 6.49. The maximum atomic E-state index is 10.8. The third-order valence-electron chi connectivity index (χ3n) is 2.58. The predicted octanol–water partition coefficient (Wildman–Crippen LogP) is 3.38. The molecule has 0 aliphatic carbocycles. The van der Waals surface area contributed by atoms with Crippen molar-refractivity contribution in [2.24, 2.45) is 0 Å². The van der Waals surface area contributed by atoms with Gasteiger partial charge in [0.25, 0.3) is 5.69 Å². The van der Waals surface area contributed by atoms with Crippen molar-refractivity contribution in [2.45, 2.75) is 20.3 Å². The summed E-state index contributed by atoms with van der Waals surface area (Å²) in [6.07, 6.45) is 3.18. The van der Waals surface area contributed by atoms with E-state index in [0.29, 0.717) is 5.56 Å². The molecular weight excluding hydrogens is 236 g/mol. The van der Waals surface area contributed by atoms with Crippen LogP contribution in [0.25, 0.3) is 0 Å². The fourth-order valence-corrected chi connectivity index (χ4v) is 2.06. The van der Waals surface area contributed by atoms with Crippen LogP contribution in [0.5, 0.6) is 0 Å². The lowest BCUT2D eigenvalue weighted by Gasteiger charge is -2.10. The van der Waals surface area contributed by atoms with Crippen molar-refractivity contribution >= 4 is 23.1 Å². The van der Waals surface area contributed by atoms with E-state index in [1.54, 1.807) is 13.0 Å². The third-order valence-corrected chi connectivity index (χ3v) is 3.28. The monoisotopic (exact) mass is 254 g/mol. The first-order valence-electron chi connectivity index (χ1n) is 5.54. The molecule has 0 atom stereocenters. The van der Waals surface area contributed by atoms with Gasteiger partial charge in [-0.15, -0.1) is 0 Å². The minimum atomic E-state index is -0.333. The molecule has 17 heavy (non-hydrogen) atoms. The molecule has 0 saturated heterocycles. The Morgan fingerprint density at radius 1 is 1.35 bits per heavy atom. The van der Waals surface area contributed by atoms with Gasteiger partial charge >= 0.3 is 0 Å². The van der Waals surface area contributed by atoms with Gasteiger partial charge in [0.05, 0.1) is 4.92 Å². The molecule has 0 heterocycles. The molecule has 0 saturated carbocycles. The number of rotatable bonds is 6. The van der Waals surface area contributed by atoms with Crippen molar-refractivity contribution in [1.82, 2.24) is 0 Å². The number of nitrogens with zero attached hydrogens (tertiary/aromatic N) is 1. The number of nitrogens with one attached hydrogen (secondary N) is 1. The van der Waals surface area contributed by atoms with E-state index in [2.05, 4.69) is 11.6 Å². The topological polar surface area (TPSA) is 55.2 Å². The zero-order valence-corrected chi connectivity index (χ0v) is 11.3. The summed E-state index contributed by atoms with van der Waals surface area (Å²) in [6, 6.07) is 3.48. The zero-order valence-electron chi connectivity index (χ0n) is 10.4. The van der Waals surface area contributed by atoms with E-state index in [9.17, 15) is 10.1 Å². The van der Waals surface area contributed by atoms with Gasteiger partial charge in [-0.25, -0.2) is 0 Å². The summed E-state index contributed by atoms with van der Waals surface area (Å²) in [5.41, 5.74) is 2.81. The van der Waals surface area contributed by atoms with E-state index in [1.165, 1.54) is 0 Å². The standard InChI is InChI=1S/C12H18N2O2S/c1-9-8-12(14(15)16)10(2)7-11(9)13-5-4-6-17-3/h7-8,13H,4-6H2,1-3H3. The fraction of sp³-hybridized carbons (Fsp3) is 0.500. The van der Waals surface area contributed by atoms with E-state index >= 15 is 0 Å². The van der Waals surface area contributed by atoms with Crippen molar-refractivity contribution in [1.29, 1.82) is 0 Å². The van der Waals surface area contributed by atoms with Crippen molar-refractivity contribution < 1.29 is 4.92 Å². The summed E-state index contributed by atoms with van der Waals surface area (Å²) >= 11 is 1.82. The maximum absolute atomic E-state index is 10.8. The summed E-state index contributed by atoms with van der Waals surface area (Å²) in [6.45, 7) is 4.56. The van der Waals surface area contributed by atoms with Crippen LogP contribution < -0.4 is 5.32 Å². The molecule has 0 radical (unpaired) electrons. The molecule has 0 aliphatic heterocycles. The van der Waals surface area contributed by atoms with E-state index in [4.69, 9.17) is 0 Å². The molecule has 0 fully saturated rings. The van der Waals surface area contributed by atoms with Crippen molar-refractivity contribution in [3.63, 3.8) is 0 Å². The summed E-state index contributed by atoms with van der Waals surface area (Å²) < 4.78 is 0. The number of hydrogen-bond acceptors (Lipinski definition) is 4. The van der Waals surface area contributed by atoms with Crippen LogP contribution in [0.15, 0.2) is 12.1 Å². The van der Waals surface area contributed by atoms with E-state index in [1.807, 2.05) is 24.8 Å². The van der Waals surface area contributed by atoms with Gasteiger partial charge in [0.15, 0.2) is 0 Å². The summed E-state index contributed by atoms with van der Waals surface area (Å²) in [7, 11) is 0. The van der Waals surface area contributed by atoms with Crippen LogP contribution in [-0.4, -0.2) is 23.5 Å². The van der Waals surface area contributed by atoms with Crippen LogP contribution in [-0.2, 0) is 0 Å². The highest BCUT2D eigenvalue weighted by Crippen LogP contribution is 2.25. The zero-order chi connectivity index (χ0) is 12.8. The minimum absolute atomic E-state index is 0.192. The normalized spacial score (nSPS) is 10.3. The van der Waals surface area contributed by atoms with Gasteiger partial charge in [-0.1, -0.05) is 0 Å². The Bertz CT molecular complexity index is 408. The largest absolute Gasteiger partial charge is 0.385 e. The highest BCUT2D eigenvalue weighted by Gasteiger charge is 2.12. The molecule has 0 bridgehead atoms. The summed E-state index contributed by atoms with van der Waals surface area (Å²) in [5, 5.41) is 14.1. The molecule has 0 aliphatic rings. The highest BCUT2D eigenvalue weighted by molar-refractivity contribution is 7.98. The predicted molar refractivity (Wildman–Crippen MR) is 74.1 cm³/mol.